The van der Waals surface area contributed by atoms with E-state index < -0.39 is 23.9 Å². The van der Waals surface area contributed by atoms with Gasteiger partial charge in [-0.1, -0.05) is 30.3 Å². The van der Waals surface area contributed by atoms with Crippen LogP contribution in [0.4, 0.5) is 0 Å². The molecule has 4 atom stereocenters. The van der Waals surface area contributed by atoms with E-state index in [0.29, 0.717) is 28.7 Å². The summed E-state index contributed by atoms with van der Waals surface area (Å²) in [5, 5.41) is 0. The largest absolute Gasteiger partial charge is 0.493 e. The number of benzene rings is 3. The second kappa shape index (κ2) is 10.1. The highest BCUT2D eigenvalue weighted by atomic mass is 16.7. The number of cyclic esters (lactones) is 1. The van der Waals surface area contributed by atoms with Gasteiger partial charge >= 0.3 is 11.9 Å². The Labute approximate surface area is 225 Å². The minimum absolute atomic E-state index is 0.0838. The molecule has 0 spiro atoms. The summed E-state index contributed by atoms with van der Waals surface area (Å²) in [4.78, 5) is 26.4. The van der Waals surface area contributed by atoms with Crippen LogP contribution < -0.4 is 23.7 Å². The number of carbonyl (C=O) groups is 2. The molecule has 0 aromatic heterocycles. The van der Waals surface area contributed by atoms with Crippen molar-refractivity contribution in [2.75, 3.05) is 34.7 Å². The summed E-state index contributed by atoms with van der Waals surface area (Å²) in [6.45, 7) is 0.210. The molecule has 3 aromatic rings. The number of carbonyl (C=O) groups excluding carboxylic acids is 2. The topological polar surface area (TPSA) is 98.8 Å². The van der Waals surface area contributed by atoms with Crippen LogP contribution in [-0.4, -0.2) is 46.7 Å². The zero-order chi connectivity index (χ0) is 27.1. The summed E-state index contributed by atoms with van der Waals surface area (Å²) in [5.41, 5.74) is 3.15. The Balaban J connectivity index is 1.48. The third-order valence-electron chi connectivity index (χ3n) is 7.62. The van der Waals surface area contributed by atoms with Crippen molar-refractivity contribution in [3.63, 3.8) is 0 Å². The standard InChI is InChI=1S/C30H28O9/c1-33-23-10-17(11-24(34-2)29(23)35-3)26-18-12-21-22(38-15-37-21)13-19(18)28(20-14-36-30(32)27(20)26)39-25(31)9-16-7-5-4-6-8-16/h4-8,10-13,20,26-28H,9,14-15H2,1-3H3/t20-,26+,27-,28-/m0/s1. The first kappa shape index (κ1) is 24.9. The smallest absolute Gasteiger partial charge is 0.310 e. The SMILES string of the molecule is COc1cc([C@@H]2c3cc4c(cc3[C@H](OC(=O)Cc3ccccc3)[C@H]3COC(=O)[C@H]23)OCO4)cc(OC)c1OC. The molecule has 1 aliphatic carbocycles. The van der Waals surface area contributed by atoms with Gasteiger partial charge in [0.2, 0.25) is 12.5 Å². The maximum atomic E-state index is 13.3. The summed E-state index contributed by atoms with van der Waals surface area (Å²) in [7, 11) is 4.63. The van der Waals surface area contributed by atoms with Crippen molar-refractivity contribution in [1.82, 2.24) is 0 Å². The van der Waals surface area contributed by atoms with E-state index in [1.54, 1.807) is 14.2 Å². The van der Waals surface area contributed by atoms with E-state index in [2.05, 4.69) is 0 Å². The van der Waals surface area contributed by atoms with Gasteiger partial charge in [-0.25, -0.2) is 0 Å². The maximum Gasteiger partial charge on any atom is 0.310 e. The van der Waals surface area contributed by atoms with Crippen LogP contribution in [0, 0.1) is 11.8 Å². The molecule has 2 aliphatic heterocycles. The van der Waals surface area contributed by atoms with Gasteiger partial charge in [0.05, 0.1) is 40.3 Å². The molecular weight excluding hydrogens is 504 g/mol. The summed E-state index contributed by atoms with van der Waals surface area (Å²) in [5.74, 6) is 0.281. The number of ether oxygens (including phenoxy) is 7. The van der Waals surface area contributed by atoms with Gasteiger partial charge in [0.25, 0.3) is 0 Å². The Morgan fingerprint density at radius 2 is 1.54 bits per heavy atom. The van der Waals surface area contributed by atoms with Crippen molar-refractivity contribution in [3.8, 4) is 28.7 Å². The lowest BCUT2D eigenvalue weighted by atomic mass is 9.66. The van der Waals surface area contributed by atoms with Gasteiger partial charge in [0.15, 0.2) is 23.0 Å². The highest BCUT2D eigenvalue weighted by Crippen LogP contribution is 2.56. The molecule has 0 bridgehead atoms. The average Bonchev–Trinajstić information content (AvgIpc) is 3.58. The lowest BCUT2D eigenvalue weighted by Gasteiger charge is -2.38. The van der Waals surface area contributed by atoms with Gasteiger partial charge in [0.1, 0.15) is 6.10 Å². The van der Waals surface area contributed by atoms with E-state index in [1.807, 2.05) is 54.6 Å². The van der Waals surface area contributed by atoms with Crippen LogP contribution in [0.25, 0.3) is 0 Å². The molecule has 6 rings (SSSR count). The second-order valence-corrected chi connectivity index (χ2v) is 9.66. The molecule has 9 nitrogen and oxygen atoms in total. The predicted molar refractivity (Wildman–Crippen MR) is 137 cm³/mol. The zero-order valence-electron chi connectivity index (χ0n) is 21.8. The predicted octanol–water partition coefficient (Wildman–Crippen LogP) is 4.20. The van der Waals surface area contributed by atoms with Crippen LogP contribution in [0.15, 0.2) is 54.6 Å². The fourth-order valence-electron chi connectivity index (χ4n) is 5.89. The van der Waals surface area contributed by atoms with Crippen molar-refractivity contribution in [1.29, 1.82) is 0 Å². The quantitative estimate of drug-likeness (QED) is 0.415. The Hall–Kier alpha value is -4.40. The first-order valence-electron chi connectivity index (χ1n) is 12.7. The van der Waals surface area contributed by atoms with Crippen molar-refractivity contribution in [3.05, 3.63) is 76.9 Å². The minimum Gasteiger partial charge on any atom is -0.493 e. The summed E-state index contributed by atoms with van der Waals surface area (Å²) in [6.07, 6.45) is -0.597. The Bertz CT molecular complexity index is 1390. The molecule has 0 saturated carbocycles. The van der Waals surface area contributed by atoms with Gasteiger partial charge in [-0.2, -0.15) is 0 Å². The number of rotatable bonds is 7. The fourth-order valence-corrected chi connectivity index (χ4v) is 5.89. The van der Waals surface area contributed by atoms with Gasteiger partial charge in [0, 0.05) is 17.4 Å². The number of hydrogen-bond acceptors (Lipinski definition) is 9. The molecule has 39 heavy (non-hydrogen) atoms. The number of hydrogen-bond donors (Lipinski definition) is 0. The van der Waals surface area contributed by atoms with E-state index in [-0.39, 0.29) is 31.8 Å². The van der Waals surface area contributed by atoms with E-state index in [4.69, 9.17) is 33.2 Å². The lowest BCUT2D eigenvalue weighted by Crippen LogP contribution is -2.36. The molecule has 1 saturated heterocycles. The van der Waals surface area contributed by atoms with Gasteiger partial charge in [-0.3, -0.25) is 9.59 Å². The average molecular weight is 533 g/mol. The minimum atomic E-state index is -0.708. The Morgan fingerprint density at radius 3 is 2.18 bits per heavy atom. The van der Waals surface area contributed by atoms with Gasteiger partial charge < -0.3 is 33.2 Å². The van der Waals surface area contributed by atoms with Crippen LogP contribution in [0.1, 0.15) is 34.3 Å². The highest BCUT2D eigenvalue weighted by Gasteiger charge is 2.54. The molecule has 3 aromatic carbocycles. The maximum absolute atomic E-state index is 13.3. The molecule has 0 N–H and O–H groups in total. The molecule has 0 unspecified atom stereocenters. The van der Waals surface area contributed by atoms with Crippen molar-refractivity contribution in [2.24, 2.45) is 11.8 Å². The van der Waals surface area contributed by atoms with Crippen molar-refractivity contribution in [2.45, 2.75) is 18.4 Å². The van der Waals surface area contributed by atoms with Crippen LogP contribution in [0.2, 0.25) is 0 Å². The van der Waals surface area contributed by atoms with Gasteiger partial charge in [-0.15, -0.1) is 0 Å². The molecule has 202 valence electrons. The van der Waals surface area contributed by atoms with Crippen LogP contribution in [-0.2, 0) is 25.5 Å². The molecule has 9 heteroatoms. The number of fused-ring (bicyclic) bond motifs is 3. The van der Waals surface area contributed by atoms with E-state index in [9.17, 15) is 9.59 Å². The third-order valence-corrected chi connectivity index (χ3v) is 7.62. The number of methoxy groups -OCH3 is 3. The van der Waals surface area contributed by atoms with Crippen molar-refractivity contribution >= 4 is 11.9 Å². The van der Waals surface area contributed by atoms with E-state index in [1.165, 1.54) is 7.11 Å². The molecule has 0 radical (unpaired) electrons. The summed E-state index contributed by atoms with van der Waals surface area (Å²) < 4.78 is 39.8. The normalized spacial score (nSPS) is 22.4. The molecule has 3 aliphatic rings. The lowest BCUT2D eigenvalue weighted by molar-refractivity contribution is -0.153. The Morgan fingerprint density at radius 1 is 0.872 bits per heavy atom. The van der Waals surface area contributed by atoms with Gasteiger partial charge in [-0.05, 0) is 41.0 Å². The fraction of sp³-hybridized carbons (Fsp3) is 0.333. The molecule has 2 heterocycles. The first-order valence-corrected chi connectivity index (χ1v) is 12.7. The third kappa shape index (κ3) is 4.27. The molecular formula is C30H28O9. The first-order chi connectivity index (χ1) is 19.0. The van der Waals surface area contributed by atoms with Crippen LogP contribution in [0.5, 0.6) is 28.7 Å². The summed E-state index contributed by atoms with van der Waals surface area (Å²) >= 11 is 0. The van der Waals surface area contributed by atoms with Crippen LogP contribution in [0.3, 0.4) is 0 Å². The highest BCUT2D eigenvalue weighted by molar-refractivity contribution is 5.80. The van der Waals surface area contributed by atoms with Crippen LogP contribution >= 0.6 is 0 Å². The molecule has 0 amide bonds. The second-order valence-electron chi connectivity index (χ2n) is 9.66. The molecule has 1 fully saturated rings. The zero-order valence-corrected chi connectivity index (χ0v) is 21.8. The van der Waals surface area contributed by atoms with E-state index in [0.717, 1.165) is 22.3 Å². The van der Waals surface area contributed by atoms with Crippen molar-refractivity contribution < 1.29 is 42.7 Å². The monoisotopic (exact) mass is 532 g/mol. The summed E-state index contributed by atoms with van der Waals surface area (Å²) in [6, 6.07) is 16.8. The number of esters is 2. The Kier molecular flexibility index (Phi) is 6.42. The van der Waals surface area contributed by atoms with E-state index >= 15 is 0 Å².